The lowest BCUT2D eigenvalue weighted by atomic mass is 10.1. The minimum atomic E-state index is 0.106. The number of hydrogen-bond donors (Lipinski definition) is 0. The average Bonchev–Trinajstić information content (AvgIpc) is 2.85. The van der Waals surface area contributed by atoms with Crippen LogP contribution in [0.5, 0.6) is 5.75 Å². The number of para-hydroxylation sites is 2. The first-order chi connectivity index (χ1) is 11.6. The summed E-state index contributed by atoms with van der Waals surface area (Å²) < 4.78 is 7.95. The van der Waals surface area contributed by atoms with Gasteiger partial charge in [0.1, 0.15) is 5.75 Å². The van der Waals surface area contributed by atoms with Gasteiger partial charge in [-0.15, -0.1) is 0 Å². The molecule has 4 heteroatoms. The molecule has 0 radical (unpaired) electrons. The monoisotopic (exact) mass is 341 g/mol. The number of ketones is 1. The Kier molecular flexibility index (Phi) is 4.91. The van der Waals surface area contributed by atoms with Gasteiger partial charge in [0.05, 0.1) is 11.6 Å². The molecule has 3 nitrogen and oxygen atoms in total. The quantitative estimate of drug-likeness (QED) is 0.451. The molecule has 2 aromatic carbocycles. The maximum atomic E-state index is 12.0. The van der Waals surface area contributed by atoms with Crippen molar-refractivity contribution >= 4 is 28.3 Å². The van der Waals surface area contributed by atoms with Gasteiger partial charge in [-0.3, -0.25) is 4.79 Å². The molecule has 24 heavy (non-hydrogen) atoms. The van der Waals surface area contributed by atoms with E-state index in [1.165, 1.54) is 0 Å². The van der Waals surface area contributed by atoms with Crippen LogP contribution < -0.4 is 4.74 Å². The smallest absolute Gasteiger partial charge is 0.162 e. The van der Waals surface area contributed by atoms with E-state index in [4.69, 9.17) is 16.3 Å². The molecule has 0 atom stereocenters. The number of carbonyl (C=O) groups excluding carboxylic acids is 1. The molecular weight excluding hydrogens is 322 g/mol. The van der Waals surface area contributed by atoms with E-state index in [-0.39, 0.29) is 5.78 Å². The maximum absolute atomic E-state index is 12.0. The van der Waals surface area contributed by atoms with Gasteiger partial charge in [0, 0.05) is 28.7 Å². The summed E-state index contributed by atoms with van der Waals surface area (Å²) in [4.78, 5) is 12.0. The first-order valence-electron chi connectivity index (χ1n) is 8.05. The Morgan fingerprint density at radius 1 is 1.12 bits per heavy atom. The molecule has 0 aliphatic heterocycles. The summed E-state index contributed by atoms with van der Waals surface area (Å²) in [5, 5.41) is 1.65. The van der Waals surface area contributed by atoms with Crippen LogP contribution in [0.4, 0.5) is 0 Å². The van der Waals surface area contributed by atoms with Gasteiger partial charge in [-0.05, 0) is 38.5 Å². The fraction of sp³-hybridized carbons (Fsp3) is 0.250. The van der Waals surface area contributed by atoms with E-state index in [2.05, 4.69) is 10.6 Å². The number of ether oxygens (including phenoxy) is 1. The second kappa shape index (κ2) is 7.10. The Hall–Kier alpha value is -2.26. The molecule has 0 N–H and O–H groups in total. The van der Waals surface area contributed by atoms with Crippen LogP contribution in [0.2, 0.25) is 5.02 Å². The zero-order valence-corrected chi connectivity index (χ0v) is 14.6. The van der Waals surface area contributed by atoms with Gasteiger partial charge < -0.3 is 9.30 Å². The molecule has 124 valence electrons. The Balaban J connectivity index is 1.75. The Labute approximate surface area is 146 Å². The highest BCUT2D eigenvalue weighted by Gasteiger charge is 2.16. The minimum Gasteiger partial charge on any atom is -0.492 e. The van der Waals surface area contributed by atoms with Crippen LogP contribution in [0.3, 0.4) is 0 Å². The van der Waals surface area contributed by atoms with E-state index in [1.54, 1.807) is 6.92 Å². The number of fused-ring (bicyclic) bond motifs is 1. The molecule has 0 spiro atoms. The third-order valence-electron chi connectivity index (χ3n) is 4.20. The van der Waals surface area contributed by atoms with E-state index >= 15 is 0 Å². The van der Waals surface area contributed by atoms with E-state index in [1.807, 2.05) is 49.4 Å². The predicted molar refractivity (Wildman–Crippen MR) is 98.2 cm³/mol. The van der Waals surface area contributed by atoms with E-state index in [0.29, 0.717) is 17.4 Å². The van der Waals surface area contributed by atoms with Crippen molar-refractivity contribution < 1.29 is 9.53 Å². The summed E-state index contributed by atoms with van der Waals surface area (Å²) in [6.07, 6.45) is 0.835. The molecule has 0 saturated carbocycles. The highest BCUT2D eigenvalue weighted by atomic mass is 35.5. The molecular formula is C20H20ClNO2. The lowest BCUT2D eigenvalue weighted by Gasteiger charge is -2.10. The van der Waals surface area contributed by atoms with Crippen LogP contribution in [-0.4, -0.2) is 17.0 Å². The molecule has 0 unspecified atom stereocenters. The largest absolute Gasteiger partial charge is 0.492 e. The van der Waals surface area contributed by atoms with Gasteiger partial charge in [-0.1, -0.05) is 41.9 Å². The normalized spacial score (nSPS) is 11.0. The molecule has 0 aliphatic carbocycles. The maximum Gasteiger partial charge on any atom is 0.162 e. The average molecular weight is 342 g/mol. The van der Waals surface area contributed by atoms with E-state index in [0.717, 1.165) is 35.1 Å². The topological polar surface area (TPSA) is 31.2 Å². The molecule has 3 rings (SSSR count). The number of aromatic nitrogens is 1. The molecule has 1 aromatic heterocycles. The number of rotatable bonds is 6. The van der Waals surface area contributed by atoms with Crippen LogP contribution in [0.25, 0.3) is 10.9 Å². The molecule has 1 heterocycles. The van der Waals surface area contributed by atoms with Crippen molar-refractivity contribution in [3.8, 4) is 5.75 Å². The SMILES string of the molecule is CC(=O)c1c(C)n(CCCOc2ccccc2Cl)c2ccccc12. The van der Waals surface area contributed by atoms with Crippen molar-refractivity contribution in [1.29, 1.82) is 0 Å². The number of nitrogens with zero attached hydrogens (tertiary/aromatic N) is 1. The van der Waals surface area contributed by atoms with Crippen LogP contribution in [0.1, 0.15) is 29.4 Å². The minimum absolute atomic E-state index is 0.106. The number of carbonyl (C=O) groups is 1. The summed E-state index contributed by atoms with van der Waals surface area (Å²) in [5.74, 6) is 0.812. The number of aryl methyl sites for hydroxylation is 1. The van der Waals surface area contributed by atoms with Gasteiger partial charge in [0.25, 0.3) is 0 Å². The molecule has 0 fully saturated rings. The Morgan fingerprint density at radius 3 is 2.58 bits per heavy atom. The van der Waals surface area contributed by atoms with Gasteiger partial charge in [-0.2, -0.15) is 0 Å². The predicted octanol–water partition coefficient (Wildman–Crippen LogP) is 5.27. The first-order valence-corrected chi connectivity index (χ1v) is 8.43. The third kappa shape index (κ3) is 3.17. The van der Waals surface area contributed by atoms with Crippen LogP contribution in [-0.2, 0) is 6.54 Å². The third-order valence-corrected chi connectivity index (χ3v) is 4.52. The number of hydrogen-bond acceptors (Lipinski definition) is 2. The summed E-state index contributed by atoms with van der Waals surface area (Å²) in [7, 11) is 0. The fourth-order valence-corrected chi connectivity index (χ4v) is 3.32. The first kappa shape index (κ1) is 16.6. The van der Waals surface area contributed by atoms with Crippen LogP contribution >= 0.6 is 11.6 Å². The van der Waals surface area contributed by atoms with Crippen molar-refractivity contribution in [2.75, 3.05) is 6.61 Å². The summed E-state index contributed by atoms with van der Waals surface area (Å²) >= 11 is 6.09. The van der Waals surface area contributed by atoms with Crippen molar-refractivity contribution in [2.24, 2.45) is 0 Å². The zero-order valence-electron chi connectivity index (χ0n) is 13.9. The zero-order chi connectivity index (χ0) is 17.1. The van der Waals surface area contributed by atoms with Gasteiger partial charge in [0.2, 0.25) is 0 Å². The summed E-state index contributed by atoms with van der Waals surface area (Å²) in [6, 6.07) is 15.5. The van der Waals surface area contributed by atoms with Crippen molar-refractivity contribution in [2.45, 2.75) is 26.8 Å². The Morgan fingerprint density at radius 2 is 1.83 bits per heavy atom. The highest BCUT2D eigenvalue weighted by Crippen LogP contribution is 2.27. The second-order valence-corrected chi connectivity index (χ2v) is 6.23. The molecule has 0 bridgehead atoms. The van der Waals surface area contributed by atoms with Gasteiger partial charge in [0.15, 0.2) is 5.78 Å². The lowest BCUT2D eigenvalue weighted by molar-refractivity contribution is 0.101. The van der Waals surface area contributed by atoms with Crippen molar-refractivity contribution in [3.63, 3.8) is 0 Å². The lowest BCUT2D eigenvalue weighted by Crippen LogP contribution is -2.07. The second-order valence-electron chi connectivity index (χ2n) is 5.82. The summed E-state index contributed by atoms with van der Waals surface area (Å²) in [6.45, 7) is 5.00. The number of benzene rings is 2. The molecule has 3 aromatic rings. The highest BCUT2D eigenvalue weighted by molar-refractivity contribution is 6.32. The van der Waals surface area contributed by atoms with Gasteiger partial charge in [-0.25, -0.2) is 0 Å². The van der Waals surface area contributed by atoms with Crippen molar-refractivity contribution in [1.82, 2.24) is 4.57 Å². The van der Waals surface area contributed by atoms with Crippen molar-refractivity contribution in [3.05, 3.63) is 64.8 Å². The molecule has 0 aliphatic rings. The Bertz CT molecular complexity index is 882. The number of halogens is 1. The van der Waals surface area contributed by atoms with E-state index in [9.17, 15) is 4.79 Å². The van der Waals surface area contributed by atoms with Crippen LogP contribution in [0, 0.1) is 6.92 Å². The number of Topliss-reactive ketones (excluding diaryl/α,β-unsaturated/α-hetero) is 1. The molecule has 0 amide bonds. The fourth-order valence-electron chi connectivity index (χ4n) is 3.13. The standard InChI is InChI=1S/C20H20ClNO2/c1-14-20(15(2)23)16-8-3-5-10-18(16)22(14)12-7-13-24-19-11-6-4-9-17(19)21/h3-6,8-11H,7,12-13H2,1-2H3. The summed E-state index contributed by atoms with van der Waals surface area (Å²) in [5.41, 5.74) is 2.93. The molecule has 0 saturated heterocycles. The van der Waals surface area contributed by atoms with E-state index < -0.39 is 0 Å². The van der Waals surface area contributed by atoms with Gasteiger partial charge >= 0.3 is 0 Å². The van der Waals surface area contributed by atoms with Crippen LogP contribution in [0.15, 0.2) is 48.5 Å².